The van der Waals surface area contributed by atoms with E-state index in [4.69, 9.17) is 4.43 Å². The van der Waals surface area contributed by atoms with Crippen molar-refractivity contribution in [1.82, 2.24) is 0 Å². The fourth-order valence-electron chi connectivity index (χ4n) is 0.289. The summed E-state index contributed by atoms with van der Waals surface area (Å²) < 4.78 is 5.27. The van der Waals surface area contributed by atoms with E-state index < -0.39 is 0 Å². The van der Waals surface area contributed by atoms with E-state index in [1.54, 1.807) is 0 Å². The molecule has 1 radical (unpaired) electrons. The molecule has 0 aliphatic rings. The van der Waals surface area contributed by atoms with Crippen LogP contribution in [0.4, 0.5) is 0 Å². The highest BCUT2D eigenvalue weighted by molar-refractivity contribution is 6.31. The number of rotatable bonds is 3. The average Bonchev–Trinajstić information content (AvgIpc) is 1.61. The molecule has 0 aliphatic carbocycles. The van der Waals surface area contributed by atoms with E-state index in [0.29, 0.717) is 6.10 Å². The first-order valence-electron chi connectivity index (χ1n) is 2.66. The monoisotopic (exact) mass is 117 g/mol. The van der Waals surface area contributed by atoms with Crippen LogP contribution >= 0.6 is 0 Å². The van der Waals surface area contributed by atoms with E-state index in [0.717, 1.165) is 0 Å². The van der Waals surface area contributed by atoms with Crippen LogP contribution in [0.1, 0.15) is 20.8 Å². The van der Waals surface area contributed by atoms with E-state index in [2.05, 4.69) is 26.8 Å². The second-order valence-corrected chi connectivity index (χ2v) is 3.27. The zero-order chi connectivity index (χ0) is 5.70. The molecule has 0 aliphatic heterocycles. The highest BCUT2D eigenvalue weighted by Crippen LogP contribution is 1.84. The molecule has 2 heteroatoms. The maximum absolute atomic E-state index is 5.27. The molecule has 0 amide bonds. The molecule has 1 nitrogen and oxygen atoms in total. The van der Waals surface area contributed by atoms with E-state index in [-0.39, 0.29) is 9.76 Å². The molecule has 0 bridgehead atoms. The van der Waals surface area contributed by atoms with Gasteiger partial charge in [-0.2, -0.15) is 0 Å². The summed E-state index contributed by atoms with van der Waals surface area (Å²) in [5, 5.41) is 0. The van der Waals surface area contributed by atoms with Gasteiger partial charge in [-0.3, -0.25) is 0 Å². The SMILES string of the molecule is C[CH][SiH2]OC(C)C. The Bertz CT molecular complexity index is 37.1. The van der Waals surface area contributed by atoms with Gasteiger partial charge in [-0.25, -0.2) is 0 Å². The second-order valence-electron chi connectivity index (χ2n) is 1.79. The van der Waals surface area contributed by atoms with Gasteiger partial charge in [0.15, 0.2) is 9.76 Å². The topological polar surface area (TPSA) is 9.23 Å². The smallest absolute Gasteiger partial charge is 0.164 e. The standard InChI is InChI=1S/C5H13OSi/c1-4-7-6-5(2)3/h4-5H,7H2,1-3H3. The van der Waals surface area contributed by atoms with Crippen molar-refractivity contribution in [2.75, 3.05) is 0 Å². The summed E-state index contributed by atoms with van der Waals surface area (Å²) >= 11 is 0. The van der Waals surface area contributed by atoms with E-state index in [9.17, 15) is 0 Å². The van der Waals surface area contributed by atoms with Crippen molar-refractivity contribution >= 4 is 9.76 Å². The molecule has 0 spiro atoms. The second kappa shape index (κ2) is 4.34. The molecular formula is C5H13OSi. The maximum Gasteiger partial charge on any atom is 0.164 e. The highest BCUT2D eigenvalue weighted by atomic mass is 28.2. The van der Waals surface area contributed by atoms with Crippen LogP contribution in [-0.4, -0.2) is 15.9 Å². The first kappa shape index (κ1) is 7.18. The summed E-state index contributed by atoms with van der Waals surface area (Å²) in [6, 6.07) is 2.14. The Hall–Kier alpha value is 0.177. The fraction of sp³-hybridized carbons (Fsp3) is 0.800. The third-order valence-corrected chi connectivity index (χ3v) is 1.79. The van der Waals surface area contributed by atoms with Crippen LogP contribution in [0.3, 0.4) is 0 Å². The van der Waals surface area contributed by atoms with Crippen molar-refractivity contribution in [2.45, 2.75) is 26.9 Å². The Morgan fingerprint density at radius 2 is 2.14 bits per heavy atom. The Labute approximate surface area is 48.0 Å². The van der Waals surface area contributed by atoms with Crippen molar-refractivity contribution in [3.05, 3.63) is 6.04 Å². The molecule has 0 saturated carbocycles. The van der Waals surface area contributed by atoms with Crippen LogP contribution in [-0.2, 0) is 4.43 Å². The predicted octanol–water partition coefficient (Wildman–Crippen LogP) is 0.677. The summed E-state index contributed by atoms with van der Waals surface area (Å²) in [7, 11) is -0.251. The van der Waals surface area contributed by atoms with Crippen LogP contribution in [0.2, 0.25) is 0 Å². The lowest BCUT2D eigenvalue weighted by Crippen LogP contribution is -2.05. The summed E-state index contributed by atoms with van der Waals surface area (Å²) in [5.41, 5.74) is 0. The summed E-state index contributed by atoms with van der Waals surface area (Å²) in [4.78, 5) is 0. The van der Waals surface area contributed by atoms with Crippen LogP contribution in [0, 0.1) is 6.04 Å². The summed E-state index contributed by atoms with van der Waals surface area (Å²) in [6.45, 7) is 6.18. The third kappa shape index (κ3) is 6.18. The molecule has 0 fully saturated rings. The maximum atomic E-state index is 5.27. The first-order valence-corrected chi connectivity index (χ1v) is 4.06. The van der Waals surface area contributed by atoms with Gasteiger partial charge in [-0.1, -0.05) is 6.92 Å². The van der Waals surface area contributed by atoms with Crippen LogP contribution in [0.15, 0.2) is 0 Å². The predicted molar refractivity (Wildman–Crippen MR) is 34.7 cm³/mol. The zero-order valence-electron chi connectivity index (χ0n) is 5.27. The lowest BCUT2D eigenvalue weighted by molar-refractivity contribution is 0.258. The highest BCUT2D eigenvalue weighted by Gasteiger charge is 1.87. The Kier molecular flexibility index (Phi) is 4.45. The van der Waals surface area contributed by atoms with Gasteiger partial charge in [0.1, 0.15) is 0 Å². The van der Waals surface area contributed by atoms with E-state index >= 15 is 0 Å². The molecule has 0 N–H and O–H groups in total. The van der Waals surface area contributed by atoms with Gasteiger partial charge in [0.25, 0.3) is 0 Å². The van der Waals surface area contributed by atoms with E-state index in [1.807, 2.05) is 0 Å². The average molecular weight is 117 g/mol. The van der Waals surface area contributed by atoms with Gasteiger partial charge >= 0.3 is 0 Å². The van der Waals surface area contributed by atoms with Crippen molar-refractivity contribution in [1.29, 1.82) is 0 Å². The molecule has 0 aromatic rings. The molecular weight excluding hydrogens is 104 g/mol. The van der Waals surface area contributed by atoms with Gasteiger partial charge in [-0.15, -0.1) is 0 Å². The lowest BCUT2D eigenvalue weighted by Gasteiger charge is -2.02. The van der Waals surface area contributed by atoms with Crippen molar-refractivity contribution in [3.8, 4) is 0 Å². The molecule has 0 aromatic heterocycles. The number of hydrogen-bond acceptors (Lipinski definition) is 1. The minimum absolute atomic E-state index is 0.251. The lowest BCUT2D eigenvalue weighted by atomic mass is 10.5. The molecule has 0 rings (SSSR count). The quantitative estimate of drug-likeness (QED) is 0.494. The van der Waals surface area contributed by atoms with Gasteiger partial charge in [0.2, 0.25) is 0 Å². The molecule has 43 valence electrons. The molecule has 0 atom stereocenters. The minimum atomic E-state index is -0.251. The third-order valence-electron chi connectivity index (χ3n) is 0.596. The zero-order valence-corrected chi connectivity index (χ0v) is 6.68. The molecule has 0 unspecified atom stereocenters. The normalized spacial score (nSPS) is 12.0. The van der Waals surface area contributed by atoms with Crippen molar-refractivity contribution < 1.29 is 4.43 Å². The molecule has 7 heavy (non-hydrogen) atoms. The largest absolute Gasteiger partial charge is 0.421 e. The van der Waals surface area contributed by atoms with Gasteiger partial charge < -0.3 is 4.43 Å². The van der Waals surface area contributed by atoms with Crippen LogP contribution in [0.25, 0.3) is 0 Å². The van der Waals surface area contributed by atoms with Crippen molar-refractivity contribution in [2.24, 2.45) is 0 Å². The Morgan fingerprint density at radius 1 is 1.57 bits per heavy atom. The Morgan fingerprint density at radius 3 is 2.29 bits per heavy atom. The Balaban J connectivity index is 2.68. The minimum Gasteiger partial charge on any atom is -0.421 e. The van der Waals surface area contributed by atoms with Gasteiger partial charge in [0, 0.05) is 6.10 Å². The molecule has 0 heterocycles. The first-order chi connectivity index (χ1) is 3.27. The van der Waals surface area contributed by atoms with Crippen LogP contribution in [0.5, 0.6) is 0 Å². The van der Waals surface area contributed by atoms with Gasteiger partial charge in [0.05, 0.1) is 0 Å². The van der Waals surface area contributed by atoms with Gasteiger partial charge in [-0.05, 0) is 19.9 Å². The molecule has 0 aromatic carbocycles. The molecule has 0 saturated heterocycles. The summed E-state index contributed by atoms with van der Waals surface area (Å²) in [6.07, 6.45) is 0.433. The van der Waals surface area contributed by atoms with E-state index in [1.165, 1.54) is 0 Å². The van der Waals surface area contributed by atoms with Crippen LogP contribution < -0.4 is 0 Å². The fourth-order valence-corrected chi connectivity index (χ4v) is 0.866. The number of hydrogen-bond donors (Lipinski definition) is 0. The summed E-state index contributed by atoms with van der Waals surface area (Å²) in [5.74, 6) is 0. The van der Waals surface area contributed by atoms with Crippen molar-refractivity contribution in [3.63, 3.8) is 0 Å².